The summed E-state index contributed by atoms with van der Waals surface area (Å²) in [7, 11) is -5.33. The summed E-state index contributed by atoms with van der Waals surface area (Å²) < 4.78 is 0. The second-order valence-electron chi connectivity index (χ2n) is 16.0. The maximum atomic E-state index is 2.46. The highest BCUT2D eigenvalue weighted by Gasteiger charge is 2.42. The molecule has 10 aromatic rings. The Morgan fingerprint density at radius 3 is 0.548 bits per heavy atom. The molecule has 0 aliphatic carbocycles. The van der Waals surface area contributed by atoms with Crippen LogP contribution in [-0.2, 0) is 0 Å². The molecule has 0 spiro atoms. The lowest BCUT2D eigenvalue weighted by atomic mass is 9.96. The van der Waals surface area contributed by atoms with Gasteiger partial charge in [0.05, 0.1) is 0 Å². The first-order valence-electron chi connectivity index (χ1n) is 21.5. The molecule has 0 radical (unpaired) electrons. The molecule has 0 saturated heterocycles. The molecule has 62 heavy (non-hydrogen) atoms. The van der Waals surface area contributed by atoms with E-state index in [0.717, 1.165) is 0 Å². The van der Waals surface area contributed by atoms with Crippen molar-refractivity contribution in [2.75, 3.05) is 0 Å². The quantitative estimate of drug-likeness (QED) is 0.0902. The van der Waals surface area contributed by atoms with Crippen molar-refractivity contribution < 1.29 is 0 Å². The fourth-order valence-corrected chi connectivity index (χ4v) is 19.3. The van der Waals surface area contributed by atoms with Crippen molar-refractivity contribution in [1.82, 2.24) is 0 Å². The summed E-state index contributed by atoms with van der Waals surface area (Å²) in [6, 6.07) is 104. The first-order chi connectivity index (χ1) is 30.7. The van der Waals surface area contributed by atoms with Crippen LogP contribution in [-0.4, -0.2) is 16.1 Å². The predicted molar refractivity (Wildman–Crippen MR) is 270 cm³/mol. The average molecular weight is 823 g/mol. The summed E-state index contributed by atoms with van der Waals surface area (Å²) in [4.78, 5) is 0. The van der Waals surface area contributed by atoms with E-state index in [4.69, 9.17) is 0 Å². The van der Waals surface area contributed by atoms with Crippen molar-refractivity contribution in [3.05, 3.63) is 279 Å². The molecule has 0 amide bonds. The number of benzene rings is 10. The van der Waals surface area contributed by atoms with E-state index in [2.05, 4.69) is 279 Å². The molecule has 0 aromatic heterocycles. The van der Waals surface area contributed by atoms with Crippen molar-refractivity contribution in [2.45, 2.75) is 0 Å². The molecular weight excluding hydrogens is 777 g/mol. The van der Waals surface area contributed by atoms with Crippen LogP contribution in [0.3, 0.4) is 0 Å². The van der Waals surface area contributed by atoms with Crippen LogP contribution in [0, 0.1) is 0 Å². The Morgan fingerprint density at radius 2 is 0.323 bits per heavy atom. The highest BCUT2D eigenvalue weighted by molar-refractivity contribution is 7.20. The summed E-state index contributed by atoms with van der Waals surface area (Å²) in [6.07, 6.45) is 0. The third-order valence-corrected chi connectivity index (χ3v) is 22.1. The number of hydrogen-bond acceptors (Lipinski definition) is 0. The van der Waals surface area contributed by atoms with Gasteiger partial charge in [0.2, 0.25) is 0 Å². The van der Waals surface area contributed by atoms with Gasteiger partial charge in [0.15, 0.2) is 16.1 Å². The molecule has 2 heteroatoms. The highest BCUT2D eigenvalue weighted by atomic mass is 28.3. The van der Waals surface area contributed by atoms with Crippen LogP contribution in [0.25, 0.3) is 33.4 Å². The largest absolute Gasteiger partial charge is 0.179 e. The molecule has 0 heterocycles. The van der Waals surface area contributed by atoms with Crippen molar-refractivity contribution in [3.63, 3.8) is 0 Å². The predicted octanol–water partition coefficient (Wildman–Crippen LogP) is 9.44. The minimum Gasteiger partial charge on any atom is -0.0623 e. The Balaban J connectivity index is 1.06. The molecular formula is C60H46Si2. The van der Waals surface area contributed by atoms with Gasteiger partial charge in [-0.15, -0.1) is 0 Å². The molecule has 0 saturated carbocycles. The van der Waals surface area contributed by atoms with Crippen LogP contribution in [0.1, 0.15) is 0 Å². The lowest BCUT2D eigenvalue weighted by molar-refractivity contribution is 1.58. The molecule has 0 N–H and O–H groups in total. The molecule has 0 fully saturated rings. The Kier molecular flexibility index (Phi) is 10.8. The summed E-state index contributed by atoms with van der Waals surface area (Å²) in [5, 5.41) is 11.0. The smallest absolute Gasteiger partial charge is 0.0623 e. The Morgan fingerprint density at radius 1 is 0.145 bits per heavy atom. The first-order valence-corrected chi connectivity index (χ1v) is 25.5. The molecule has 0 aliphatic heterocycles. The van der Waals surface area contributed by atoms with Crippen LogP contribution in [0.5, 0.6) is 0 Å². The van der Waals surface area contributed by atoms with E-state index in [-0.39, 0.29) is 0 Å². The summed E-state index contributed by atoms with van der Waals surface area (Å²) in [5.41, 5.74) is 7.25. The van der Waals surface area contributed by atoms with Gasteiger partial charge >= 0.3 is 0 Å². The van der Waals surface area contributed by atoms with Crippen LogP contribution in [0.2, 0.25) is 0 Å². The van der Waals surface area contributed by atoms with E-state index in [1.54, 1.807) is 0 Å². The van der Waals surface area contributed by atoms with Gasteiger partial charge in [0.25, 0.3) is 0 Å². The van der Waals surface area contributed by atoms with Gasteiger partial charge in [-0.25, -0.2) is 0 Å². The maximum absolute atomic E-state index is 2.67. The molecule has 294 valence electrons. The Hall–Kier alpha value is -7.37. The van der Waals surface area contributed by atoms with Gasteiger partial charge in [0.1, 0.15) is 0 Å². The van der Waals surface area contributed by atoms with E-state index in [0.29, 0.717) is 0 Å². The molecule has 0 atom stereocenters. The molecule has 0 aliphatic rings. The lowest BCUT2D eigenvalue weighted by Gasteiger charge is -2.34. The normalized spacial score (nSPS) is 11.5. The second-order valence-corrected chi connectivity index (χ2v) is 23.6. The minimum absolute atomic E-state index is 1.20. The van der Waals surface area contributed by atoms with Crippen LogP contribution in [0.15, 0.2) is 279 Å². The Labute approximate surface area is 368 Å². The molecule has 0 bridgehead atoms. The number of hydrogen-bond donors (Lipinski definition) is 0. The minimum atomic E-state index is -2.67. The third-order valence-electron chi connectivity index (χ3n) is 12.6. The zero-order valence-corrected chi connectivity index (χ0v) is 36.6. The van der Waals surface area contributed by atoms with Crippen molar-refractivity contribution in [2.24, 2.45) is 0 Å². The van der Waals surface area contributed by atoms with Crippen molar-refractivity contribution >= 4 is 57.6 Å². The second kappa shape index (κ2) is 17.3. The van der Waals surface area contributed by atoms with E-state index in [1.165, 1.54) is 74.9 Å². The summed E-state index contributed by atoms with van der Waals surface area (Å²) >= 11 is 0. The highest BCUT2D eigenvalue weighted by Crippen LogP contribution is 2.30. The zero-order valence-electron chi connectivity index (χ0n) is 34.6. The molecule has 0 nitrogen and oxygen atoms in total. The van der Waals surface area contributed by atoms with Gasteiger partial charge in [-0.05, 0) is 87.0 Å². The molecule has 10 rings (SSSR count). The van der Waals surface area contributed by atoms with Gasteiger partial charge in [-0.1, -0.05) is 267 Å². The topological polar surface area (TPSA) is 0 Å². The van der Waals surface area contributed by atoms with Gasteiger partial charge in [-0.2, -0.15) is 0 Å². The third kappa shape index (κ3) is 7.10. The first kappa shape index (κ1) is 38.8. The monoisotopic (exact) mass is 822 g/mol. The lowest BCUT2D eigenvalue weighted by Crippen LogP contribution is -2.74. The summed E-state index contributed by atoms with van der Waals surface area (Å²) in [5.74, 6) is 0. The Bertz CT molecular complexity index is 2640. The summed E-state index contributed by atoms with van der Waals surface area (Å²) in [6.45, 7) is 0. The van der Waals surface area contributed by atoms with Gasteiger partial charge < -0.3 is 0 Å². The molecule has 0 unspecified atom stereocenters. The maximum Gasteiger partial charge on any atom is 0.179 e. The van der Waals surface area contributed by atoms with E-state index in [1.807, 2.05) is 0 Å². The fourth-order valence-electron chi connectivity index (χ4n) is 9.75. The standard InChI is InChI=1S/C60H46Si2/c1-7-29-53(30-8-1)61(54-31-9-2-10-32-54,55-33-11-3-12-34-55)59-41-21-27-51(45-59)49-25-19-23-47(43-49)48-24-20-26-50(44-48)52-28-22-42-60(46-52)62(56-35-13-4-14-36-56,57-37-15-5-16-38-57)58-39-17-6-18-40-58/h1-46H. The zero-order chi connectivity index (χ0) is 41.6. The van der Waals surface area contributed by atoms with Crippen LogP contribution >= 0.6 is 0 Å². The van der Waals surface area contributed by atoms with E-state index >= 15 is 0 Å². The van der Waals surface area contributed by atoms with Crippen LogP contribution in [0.4, 0.5) is 0 Å². The van der Waals surface area contributed by atoms with E-state index in [9.17, 15) is 0 Å². The van der Waals surface area contributed by atoms with Gasteiger partial charge in [-0.3, -0.25) is 0 Å². The SMILES string of the molecule is c1ccc([Si](c2ccccc2)(c2ccccc2)c2cccc(-c3cccc(-c4cccc(-c5cccc([Si](c6ccccc6)(c6ccccc6)c6ccccc6)c5)c4)c3)c2)cc1. The van der Waals surface area contributed by atoms with E-state index < -0.39 is 16.1 Å². The fraction of sp³-hybridized carbons (Fsp3) is 0. The molecule has 10 aromatic carbocycles. The number of rotatable bonds is 11. The van der Waals surface area contributed by atoms with Crippen molar-refractivity contribution in [1.29, 1.82) is 0 Å². The van der Waals surface area contributed by atoms with Crippen molar-refractivity contribution in [3.8, 4) is 33.4 Å². The van der Waals surface area contributed by atoms with Gasteiger partial charge in [0, 0.05) is 0 Å². The average Bonchev–Trinajstić information content (AvgIpc) is 3.37. The van der Waals surface area contributed by atoms with Crippen LogP contribution < -0.4 is 41.5 Å².